The minimum atomic E-state index is 0.138. The Morgan fingerprint density at radius 2 is 1.60 bits per heavy atom. The van der Waals surface area contributed by atoms with Gasteiger partial charge in [-0.25, -0.2) is 0 Å². The van der Waals surface area contributed by atoms with E-state index in [9.17, 15) is 0 Å². The van der Waals surface area contributed by atoms with Gasteiger partial charge in [0.05, 0.1) is 6.04 Å². The van der Waals surface area contributed by atoms with Crippen LogP contribution in [0.15, 0.2) is 46.9 Å². The van der Waals surface area contributed by atoms with Crippen LogP contribution in [0, 0.1) is 0 Å². The van der Waals surface area contributed by atoms with Crippen LogP contribution in [-0.2, 0) is 0 Å². The Hall–Kier alpha value is -1.52. The maximum Gasteiger partial charge on any atom is 0.161 e. The molecule has 20 heavy (non-hydrogen) atoms. The van der Waals surface area contributed by atoms with Gasteiger partial charge in [0.1, 0.15) is 13.2 Å². The predicted octanol–water partition coefficient (Wildman–Crippen LogP) is 3.53. The Morgan fingerprint density at radius 1 is 0.950 bits per heavy atom. The van der Waals surface area contributed by atoms with E-state index in [2.05, 4.69) is 57.6 Å². The molecule has 3 nitrogen and oxygen atoms in total. The number of hydrogen-bond donors (Lipinski definition) is 1. The van der Waals surface area contributed by atoms with Crippen molar-refractivity contribution in [2.75, 3.05) is 20.3 Å². The van der Waals surface area contributed by atoms with Gasteiger partial charge in [-0.3, -0.25) is 0 Å². The molecule has 2 aromatic carbocycles. The minimum Gasteiger partial charge on any atom is -0.486 e. The first-order chi connectivity index (χ1) is 9.78. The first-order valence-corrected chi connectivity index (χ1v) is 7.39. The third-order valence-corrected chi connectivity index (χ3v) is 3.92. The Bertz CT molecular complexity index is 598. The summed E-state index contributed by atoms with van der Waals surface area (Å²) >= 11 is 3.47. The van der Waals surface area contributed by atoms with E-state index >= 15 is 0 Å². The summed E-state index contributed by atoms with van der Waals surface area (Å²) in [7, 11) is 1.96. The average Bonchev–Trinajstić information content (AvgIpc) is 2.50. The fraction of sp³-hybridized carbons (Fsp3) is 0.250. The third kappa shape index (κ3) is 2.67. The van der Waals surface area contributed by atoms with Crippen molar-refractivity contribution in [3.63, 3.8) is 0 Å². The number of rotatable bonds is 3. The number of halogens is 1. The van der Waals surface area contributed by atoms with Crippen molar-refractivity contribution in [2.24, 2.45) is 0 Å². The van der Waals surface area contributed by atoms with Gasteiger partial charge >= 0.3 is 0 Å². The maximum absolute atomic E-state index is 5.65. The Kier molecular flexibility index (Phi) is 3.94. The van der Waals surface area contributed by atoms with Crippen LogP contribution < -0.4 is 14.8 Å². The molecule has 1 aliphatic rings. The van der Waals surface area contributed by atoms with Gasteiger partial charge in [-0.05, 0) is 42.4 Å². The van der Waals surface area contributed by atoms with Crippen LogP contribution in [0.4, 0.5) is 0 Å². The van der Waals surface area contributed by atoms with Crippen LogP contribution in [0.1, 0.15) is 17.2 Å². The summed E-state index contributed by atoms with van der Waals surface area (Å²) in [5.74, 6) is 1.65. The number of nitrogens with one attached hydrogen (secondary N) is 1. The van der Waals surface area contributed by atoms with E-state index in [1.807, 2.05) is 13.1 Å². The number of benzene rings is 2. The van der Waals surface area contributed by atoms with Crippen LogP contribution >= 0.6 is 15.9 Å². The number of ether oxygens (including phenoxy) is 2. The summed E-state index contributed by atoms with van der Waals surface area (Å²) in [5.41, 5.74) is 2.38. The zero-order valence-electron chi connectivity index (χ0n) is 11.2. The van der Waals surface area contributed by atoms with E-state index in [1.54, 1.807) is 0 Å². The molecule has 1 unspecified atom stereocenters. The maximum atomic E-state index is 5.65. The Labute approximate surface area is 127 Å². The lowest BCUT2D eigenvalue weighted by atomic mass is 9.98. The zero-order chi connectivity index (χ0) is 13.9. The first kappa shape index (κ1) is 13.5. The smallest absolute Gasteiger partial charge is 0.161 e. The second-order valence-electron chi connectivity index (χ2n) is 4.68. The highest BCUT2D eigenvalue weighted by Crippen LogP contribution is 2.34. The lowest BCUT2D eigenvalue weighted by Gasteiger charge is -2.22. The molecule has 0 saturated heterocycles. The van der Waals surface area contributed by atoms with Crippen LogP contribution in [0.5, 0.6) is 11.5 Å². The van der Waals surface area contributed by atoms with Crippen molar-refractivity contribution in [3.8, 4) is 11.5 Å². The summed E-state index contributed by atoms with van der Waals surface area (Å²) in [6.45, 7) is 1.23. The monoisotopic (exact) mass is 333 g/mol. The van der Waals surface area contributed by atoms with Gasteiger partial charge in [-0.1, -0.05) is 34.1 Å². The molecule has 0 aliphatic carbocycles. The molecule has 0 aromatic heterocycles. The first-order valence-electron chi connectivity index (χ1n) is 6.60. The van der Waals surface area contributed by atoms with E-state index in [-0.39, 0.29) is 6.04 Å². The fourth-order valence-corrected chi connectivity index (χ4v) is 2.68. The molecule has 1 heterocycles. The highest BCUT2D eigenvalue weighted by molar-refractivity contribution is 9.10. The SMILES string of the molecule is CNC(c1ccc(Br)cc1)c1ccc2c(c1)OCCO2. The normalized spacial score (nSPS) is 14.9. The number of fused-ring (bicyclic) bond motifs is 1. The molecule has 0 bridgehead atoms. The van der Waals surface area contributed by atoms with Crippen LogP contribution in [-0.4, -0.2) is 20.3 Å². The predicted molar refractivity (Wildman–Crippen MR) is 82.5 cm³/mol. The standard InChI is InChI=1S/C16H16BrNO2/c1-18-16(11-2-5-13(17)6-3-11)12-4-7-14-15(10-12)20-9-8-19-14/h2-7,10,16,18H,8-9H2,1H3. The van der Waals surface area contributed by atoms with Crippen molar-refractivity contribution < 1.29 is 9.47 Å². The zero-order valence-corrected chi connectivity index (χ0v) is 12.8. The largest absolute Gasteiger partial charge is 0.486 e. The fourth-order valence-electron chi connectivity index (χ4n) is 2.42. The van der Waals surface area contributed by atoms with Gasteiger partial charge in [0.2, 0.25) is 0 Å². The molecule has 4 heteroatoms. The van der Waals surface area contributed by atoms with Crippen molar-refractivity contribution in [1.29, 1.82) is 0 Å². The molecule has 0 fully saturated rings. The van der Waals surface area contributed by atoms with E-state index in [0.717, 1.165) is 16.0 Å². The van der Waals surface area contributed by atoms with Crippen molar-refractivity contribution in [2.45, 2.75) is 6.04 Å². The molecule has 104 valence electrons. The highest BCUT2D eigenvalue weighted by atomic mass is 79.9. The molecular formula is C16H16BrNO2. The number of hydrogen-bond acceptors (Lipinski definition) is 3. The van der Waals surface area contributed by atoms with Gasteiger partial charge < -0.3 is 14.8 Å². The van der Waals surface area contributed by atoms with Gasteiger partial charge in [-0.15, -0.1) is 0 Å². The van der Waals surface area contributed by atoms with Gasteiger partial charge in [-0.2, -0.15) is 0 Å². The molecule has 0 amide bonds. The molecule has 1 atom stereocenters. The van der Waals surface area contributed by atoms with Gasteiger partial charge in [0.15, 0.2) is 11.5 Å². The lowest BCUT2D eigenvalue weighted by molar-refractivity contribution is 0.171. The van der Waals surface area contributed by atoms with Crippen molar-refractivity contribution >= 4 is 15.9 Å². The van der Waals surface area contributed by atoms with E-state index < -0.39 is 0 Å². The summed E-state index contributed by atoms with van der Waals surface area (Å²) < 4.78 is 12.3. The Balaban J connectivity index is 1.94. The van der Waals surface area contributed by atoms with Crippen LogP contribution in [0.3, 0.4) is 0 Å². The molecule has 3 rings (SSSR count). The molecule has 2 aromatic rings. The Morgan fingerprint density at radius 3 is 2.30 bits per heavy atom. The average molecular weight is 334 g/mol. The second-order valence-corrected chi connectivity index (χ2v) is 5.59. The molecule has 0 saturated carbocycles. The van der Waals surface area contributed by atoms with Crippen LogP contribution in [0.25, 0.3) is 0 Å². The van der Waals surface area contributed by atoms with Gasteiger partial charge in [0, 0.05) is 4.47 Å². The molecule has 0 spiro atoms. The lowest BCUT2D eigenvalue weighted by Crippen LogP contribution is -2.19. The molecule has 1 aliphatic heterocycles. The second kappa shape index (κ2) is 5.85. The van der Waals surface area contributed by atoms with Crippen molar-refractivity contribution in [1.82, 2.24) is 5.32 Å². The molecule has 1 N–H and O–H groups in total. The highest BCUT2D eigenvalue weighted by Gasteiger charge is 2.17. The summed E-state index contributed by atoms with van der Waals surface area (Å²) in [5, 5.41) is 3.35. The summed E-state index contributed by atoms with van der Waals surface area (Å²) in [6, 6.07) is 14.6. The van der Waals surface area contributed by atoms with E-state index in [1.165, 1.54) is 11.1 Å². The van der Waals surface area contributed by atoms with E-state index in [4.69, 9.17) is 9.47 Å². The molecule has 0 radical (unpaired) electrons. The minimum absolute atomic E-state index is 0.138. The van der Waals surface area contributed by atoms with Crippen molar-refractivity contribution in [3.05, 3.63) is 58.1 Å². The molecular weight excluding hydrogens is 318 g/mol. The van der Waals surface area contributed by atoms with Crippen LogP contribution in [0.2, 0.25) is 0 Å². The van der Waals surface area contributed by atoms with Gasteiger partial charge in [0.25, 0.3) is 0 Å². The third-order valence-electron chi connectivity index (χ3n) is 3.39. The topological polar surface area (TPSA) is 30.5 Å². The van der Waals surface area contributed by atoms with E-state index in [0.29, 0.717) is 13.2 Å². The summed E-state index contributed by atoms with van der Waals surface area (Å²) in [6.07, 6.45) is 0. The quantitative estimate of drug-likeness (QED) is 0.932. The summed E-state index contributed by atoms with van der Waals surface area (Å²) in [4.78, 5) is 0.